The Bertz CT molecular complexity index is 684. The Labute approximate surface area is 112 Å². The first kappa shape index (κ1) is 12.7. The van der Waals surface area contributed by atoms with Crippen molar-refractivity contribution >= 4 is 17.3 Å². The molecule has 0 bridgehead atoms. The Balaban J connectivity index is 2.34. The monoisotopic (exact) mass is 276 g/mol. The van der Waals surface area contributed by atoms with E-state index in [1.54, 1.807) is 0 Å². The van der Waals surface area contributed by atoms with Gasteiger partial charge in [0.05, 0.1) is 16.0 Å². The number of halogens is 1. The van der Waals surface area contributed by atoms with Crippen LogP contribution in [0.2, 0.25) is 5.02 Å². The molecule has 0 saturated heterocycles. The quantitative estimate of drug-likeness (QED) is 0.631. The summed E-state index contributed by atoms with van der Waals surface area (Å²) >= 11 is 5.86. The van der Waals surface area contributed by atoms with Crippen molar-refractivity contribution in [2.24, 2.45) is 0 Å². The zero-order valence-electron chi connectivity index (χ0n) is 9.28. The smallest absolute Gasteiger partial charge is 0.323 e. The van der Waals surface area contributed by atoms with Gasteiger partial charge in [0.15, 0.2) is 5.75 Å². The van der Waals surface area contributed by atoms with Crippen molar-refractivity contribution < 1.29 is 9.66 Å². The second kappa shape index (κ2) is 5.29. The molecule has 0 spiro atoms. The number of non-ortho nitro benzene ring substituents is 1. The first-order valence-corrected chi connectivity index (χ1v) is 5.33. The number of hydrogen-bond donors (Lipinski definition) is 0. The highest BCUT2D eigenvalue weighted by Crippen LogP contribution is 2.31. The summed E-state index contributed by atoms with van der Waals surface area (Å²) in [5.41, 5.74) is -0.0533. The van der Waals surface area contributed by atoms with E-state index in [4.69, 9.17) is 21.6 Å². The van der Waals surface area contributed by atoms with Crippen LogP contribution >= 0.6 is 11.6 Å². The van der Waals surface area contributed by atoms with Crippen molar-refractivity contribution in [1.82, 2.24) is 9.97 Å². The molecule has 0 aliphatic rings. The zero-order chi connectivity index (χ0) is 13.8. The highest BCUT2D eigenvalue weighted by Gasteiger charge is 2.12. The van der Waals surface area contributed by atoms with Gasteiger partial charge in [-0.3, -0.25) is 10.1 Å². The van der Waals surface area contributed by atoms with Gasteiger partial charge >= 0.3 is 6.01 Å². The van der Waals surface area contributed by atoms with E-state index in [1.165, 1.54) is 24.4 Å². The molecule has 8 heteroatoms. The molecule has 0 fully saturated rings. The van der Waals surface area contributed by atoms with Crippen molar-refractivity contribution in [2.45, 2.75) is 0 Å². The van der Waals surface area contributed by atoms with Crippen LogP contribution in [-0.2, 0) is 0 Å². The van der Waals surface area contributed by atoms with Crippen LogP contribution in [0.25, 0.3) is 0 Å². The molecule has 0 aliphatic carbocycles. The predicted octanol–water partition coefficient (Wildman–Crippen LogP) is 2.70. The predicted molar refractivity (Wildman–Crippen MR) is 64.9 cm³/mol. The van der Waals surface area contributed by atoms with E-state index < -0.39 is 4.92 Å². The van der Waals surface area contributed by atoms with Gasteiger partial charge in [-0.2, -0.15) is 10.2 Å². The third kappa shape index (κ3) is 2.94. The van der Waals surface area contributed by atoms with Crippen molar-refractivity contribution in [1.29, 1.82) is 5.26 Å². The number of benzene rings is 1. The molecule has 0 radical (unpaired) electrons. The molecule has 0 amide bonds. The van der Waals surface area contributed by atoms with E-state index >= 15 is 0 Å². The fourth-order valence-corrected chi connectivity index (χ4v) is 1.39. The zero-order valence-corrected chi connectivity index (χ0v) is 10.0. The fraction of sp³-hybridized carbons (Fsp3) is 0. The molecule has 0 saturated carbocycles. The molecule has 0 N–H and O–H groups in total. The van der Waals surface area contributed by atoms with Crippen molar-refractivity contribution in [2.75, 3.05) is 0 Å². The van der Waals surface area contributed by atoms with E-state index in [9.17, 15) is 10.1 Å². The van der Waals surface area contributed by atoms with E-state index in [2.05, 4.69) is 9.97 Å². The average molecular weight is 277 g/mol. The van der Waals surface area contributed by atoms with Crippen molar-refractivity contribution in [3.05, 3.63) is 51.3 Å². The summed E-state index contributed by atoms with van der Waals surface area (Å²) in [5, 5.41) is 19.5. The Morgan fingerprint density at radius 3 is 2.89 bits per heavy atom. The summed E-state index contributed by atoms with van der Waals surface area (Å²) in [4.78, 5) is 17.6. The Morgan fingerprint density at radius 1 is 1.42 bits per heavy atom. The molecule has 0 aliphatic heterocycles. The summed E-state index contributed by atoms with van der Waals surface area (Å²) in [6, 6.07) is 6.87. The van der Waals surface area contributed by atoms with Gasteiger partial charge in [0.1, 0.15) is 11.8 Å². The second-order valence-electron chi connectivity index (χ2n) is 3.31. The molecular weight excluding hydrogens is 272 g/mol. The number of rotatable bonds is 3. The Kier molecular flexibility index (Phi) is 3.54. The molecule has 0 atom stereocenters. The summed E-state index contributed by atoms with van der Waals surface area (Å²) in [5.74, 6) is 0.0472. The maximum Gasteiger partial charge on any atom is 0.323 e. The lowest BCUT2D eigenvalue weighted by atomic mass is 10.3. The second-order valence-corrected chi connectivity index (χ2v) is 3.72. The number of hydrogen-bond acceptors (Lipinski definition) is 6. The minimum absolute atomic E-state index is 0.0472. The molecule has 1 heterocycles. The van der Waals surface area contributed by atoms with Gasteiger partial charge in [0.25, 0.3) is 5.69 Å². The number of nitrogens with zero attached hydrogens (tertiary/aromatic N) is 4. The van der Waals surface area contributed by atoms with Gasteiger partial charge in [-0.1, -0.05) is 11.6 Å². The van der Waals surface area contributed by atoms with E-state index in [0.29, 0.717) is 0 Å². The third-order valence-electron chi connectivity index (χ3n) is 2.07. The first-order chi connectivity index (χ1) is 9.10. The van der Waals surface area contributed by atoms with Crippen LogP contribution in [0, 0.1) is 21.4 Å². The molecule has 7 nitrogen and oxygen atoms in total. The maximum atomic E-state index is 10.6. The highest BCUT2D eigenvalue weighted by atomic mass is 35.5. The molecule has 0 unspecified atom stereocenters. The summed E-state index contributed by atoms with van der Waals surface area (Å²) in [7, 11) is 0. The topological polar surface area (TPSA) is 102 Å². The number of nitriles is 1. The fourth-order valence-electron chi connectivity index (χ4n) is 1.23. The third-order valence-corrected chi connectivity index (χ3v) is 2.39. The number of nitro benzene ring substituents is 1. The lowest BCUT2D eigenvalue weighted by molar-refractivity contribution is -0.384. The molecule has 2 rings (SSSR count). The molecule has 1 aromatic carbocycles. The Hall–Kier alpha value is -2.72. The molecule has 1 aromatic heterocycles. The largest absolute Gasteiger partial charge is 0.422 e. The Morgan fingerprint density at radius 2 is 2.21 bits per heavy atom. The summed E-state index contributed by atoms with van der Waals surface area (Å²) < 4.78 is 5.23. The van der Waals surface area contributed by atoms with Crippen molar-refractivity contribution in [3.8, 4) is 17.8 Å². The van der Waals surface area contributed by atoms with Crippen LogP contribution in [0.4, 0.5) is 5.69 Å². The molecule has 94 valence electrons. The average Bonchev–Trinajstić information content (AvgIpc) is 2.41. The van der Waals surface area contributed by atoms with E-state index in [-0.39, 0.29) is 28.2 Å². The van der Waals surface area contributed by atoms with Gasteiger partial charge in [0, 0.05) is 12.3 Å². The summed E-state index contributed by atoms with van der Waals surface area (Å²) in [6.45, 7) is 0. The first-order valence-electron chi connectivity index (χ1n) is 4.95. The normalized spacial score (nSPS) is 9.68. The molecule has 19 heavy (non-hydrogen) atoms. The number of nitro groups is 1. The van der Waals surface area contributed by atoms with Gasteiger partial charge in [-0.25, -0.2) is 4.98 Å². The van der Waals surface area contributed by atoms with Crippen LogP contribution in [-0.4, -0.2) is 14.9 Å². The van der Waals surface area contributed by atoms with Crippen LogP contribution in [0.15, 0.2) is 30.5 Å². The number of aromatic nitrogens is 2. The van der Waals surface area contributed by atoms with Crippen LogP contribution in [0.3, 0.4) is 0 Å². The molecule has 2 aromatic rings. The lowest BCUT2D eigenvalue weighted by Gasteiger charge is -2.05. The van der Waals surface area contributed by atoms with Gasteiger partial charge < -0.3 is 4.74 Å². The minimum Gasteiger partial charge on any atom is -0.422 e. The van der Waals surface area contributed by atoms with Gasteiger partial charge in [-0.15, -0.1) is 0 Å². The van der Waals surface area contributed by atoms with E-state index in [1.807, 2.05) is 6.07 Å². The van der Waals surface area contributed by atoms with E-state index in [0.717, 1.165) is 6.07 Å². The standard InChI is InChI=1S/C11H5ClN4O3/c12-9-2-1-8(16(17)18)5-10(9)19-11-14-4-3-7(6-13)15-11/h1-5H. The van der Waals surface area contributed by atoms with Crippen LogP contribution in [0.1, 0.15) is 5.69 Å². The SMILES string of the molecule is N#Cc1ccnc(Oc2cc([N+](=O)[O-])ccc2Cl)n1. The summed E-state index contributed by atoms with van der Waals surface area (Å²) in [6.07, 6.45) is 1.34. The maximum absolute atomic E-state index is 10.6. The number of ether oxygens (including phenoxy) is 1. The van der Waals surface area contributed by atoms with Crippen LogP contribution < -0.4 is 4.74 Å². The lowest BCUT2D eigenvalue weighted by Crippen LogP contribution is -1.95. The van der Waals surface area contributed by atoms with Crippen LogP contribution in [0.5, 0.6) is 11.8 Å². The van der Waals surface area contributed by atoms with Gasteiger partial charge in [0.2, 0.25) is 0 Å². The highest BCUT2D eigenvalue weighted by molar-refractivity contribution is 6.32. The van der Waals surface area contributed by atoms with Crippen molar-refractivity contribution in [3.63, 3.8) is 0 Å². The minimum atomic E-state index is -0.574. The molecular formula is C11H5ClN4O3. The van der Waals surface area contributed by atoms with Gasteiger partial charge in [-0.05, 0) is 12.1 Å².